The Bertz CT molecular complexity index is 498. The molecule has 2 rings (SSSR count). The van der Waals surface area contributed by atoms with Crippen molar-refractivity contribution in [3.8, 4) is 5.69 Å². The predicted octanol–water partition coefficient (Wildman–Crippen LogP) is 0.234. The Hall–Kier alpha value is -2.05. The molecule has 1 N–H and O–H groups in total. The lowest BCUT2D eigenvalue weighted by molar-refractivity contribution is 0.553. The first-order chi connectivity index (χ1) is 6.70. The van der Waals surface area contributed by atoms with Crippen LogP contribution in [0.3, 0.4) is 0 Å². The van der Waals surface area contributed by atoms with Crippen LogP contribution >= 0.6 is 0 Å². The molecule has 0 amide bonds. The van der Waals surface area contributed by atoms with Crippen molar-refractivity contribution in [3.05, 3.63) is 40.3 Å². The summed E-state index contributed by atoms with van der Waals surface area (Å²) in [5.41, 5.74) is -1.33. The Morgan fingerprint density at radius 3 is 2.43 bits per heavy atom. The number of hydrogen-bond acceptors (Lipinski definition) is 3. The molecule has 0 saturated carbocycles. The van der Waals surface area contributed by atoms with Crippen LogP contribution in [0, 0.1) is 11.6 Å². The van der Waals surface area contributed by atoms with Gasteiger partial charge in [-0.2, -0.15) is 4.68 Å². The maximum atomic E-state index is 13.1. The van der Waals surface area contributed by atoms with E-state index >= 15 is 0 Å². The number of para-hydroxylation sites is 1. The van der Waals surface area contributed by atoms with E-state index in [2.05, 4.69) is 10.4 Å². The van der Waals surface area contributed by atoms with E-state index in [0.29, 0.717) is 4.68 Å². The van der Waals surface area contributed by atoms with Crippen molar-refractivity contribution in [2.24, 2.45) is 0 Å². The van der Waals surface area contributed by atoms with Crippen LogP contribution in [0.15, 0.2) is 23.0 Å². The highest BCUT2D eigenvalue weighted by molar-refractivity contribution is 5.33. The number of nitrogens with one attached hydrogen (secondary N) is 1. The third-order valence-corrected chi connectivity index (χ3v) is 1.62. The van der Waals surface area contributed by atoms with Gasteiger partial charge in [0.25, 0.3) is 0 Å². The Balaban J connectivity index is 2.74. The Kier molecular flexibility index (Phi) is 1.84. The summed E-state index contributed by atoms with van der Waals surface area (Å²) in [5, 5.41) is 8.28. The van der Waals surface area contributed by atoms with Gasteiger partial charge in [0.2, 0.25) is 0 Å². The molecule has 0 aliphatic heterocycles. The highest BCUT2D eigenvalue weighted by Gasteiger charge is 2.13. The number of aromatic nitrogens is 4. The molecule has 2 aromatic rings. The van der Waals surface area contributed by atoms with Gasteiger partial charge in [-0.15, -0.1) is 0 Å². The van der Waals surface area contributed by atoms with Crippen LogP contribution in [0.1, 0.15) is 0 Å². The van der Waals surface area contributed by atoms with Crippen LogP contribution in [0.25, 0.3) is 5.69 Å². The quantitative estimate of drug-likeness (QED) is 0.713. The lowest BCUT2D eigenvalue weighted by Gasteiger charge is -2.00. The molecule has 0 bridgehead atoms. The molecule has 1 aromatic heterocycles. The minimum atomic E-state index is -0.874. The molecule has 0 radical (unpaired) electrons. The largest absolute Gasteiger partial charge is 0.366 e. The van der Waals surface area contributed by atoms with Gasteiger partial charge >= 0.3 is 5.69 Å². The second-order valence-electron chi connectivity index (χ2n) is 2.49. The maximum absolute atomic E-state index is 13.1. The predicted molar refractivity (Wildman–Crippen MR) is 41.9 cm³/mol. The average Bonchev–Trinajstić information content (AvgIpc) is 2.52. The number of hydrogen-bond donors (Lipinski definition) is 1. The van der Waals surface area contributed by atoms with Crippen molar-refractivity contribution < 1.29 is 8.78 Å². The van der Waals surface area contributed by atoms with Gasteiger partial charge < -0.3 is 0 Å². The molecule has 5 nitrogen and oxygen atoms in total. The number of aromatic amines is 1. The molecule has 0 unspecified atom stereocenters. The molecule has 72 valence electrons. The second kappa shape index (κ2) is 3.02. The van der Waals surface area contributed by atoms with Crippen molar-refractivity contribution in [1.29, 1.82) is 0 Å². The fraction of sp³-hybridized carbons (Fsp3) is 0. The fourth-order valence-electron chi connectivity index (χ4n) is 1.04. The third kappa shape index (κ3) is 1.18. The molecule has 7 heteroatoms. The topological polar surface area (TPSA) is 63.6 Å². The first kappa shape index (κ1) is 8.54. The summed E-state index contributed by atoms with van der Waals surface area (Å²) >= 11 is 0. The van der Waals surface area contributed by atoms with Crippen molar-refractivity contribution in [2.75, 3.05) is 0 Å². The van der Waals surface area contributed by atoms with Crippen LogP contribution in [-0.4, -0.2) is 20.2 Å². The number of halogens is 2. The Morgan fingerprint density at radius 2 is 1.93 bits per heavy atom. The van der Waals surface area contributed by atoms with Crippen LogP contribution in [0.5, 0.6) is 0 Å². The normalized spacial score (nSPS) is 10.4. The van der Waals surface area contributed by atoms with Gasteiger partial charge in [-0.25, -0.2) is 18.7 Å². The van der Waals surface area contributed by atoms with Crippen LogP contribution < -0.4 is 5.69 Å². The minimum absolute atomic E-state index is 0.519. The van der Waals surface area contributed by atoms with Gasteiger partial charge in [-0.3, -0.25) is 0 Å². The van der Waals surface area contributed by atoms with Crippen molar-refractivity contribution >= 4 is 0 Å². The molecular weight excluding hydrogens is 194 g/mol. The monoisotopic (exact) mass is 198 g/mol. The summed E-state index contributed by atoms with van der Waals surface area (Å²) in [6.45, 7) is 0. The number of H-pyrrole nitrogens is 1. The van der Waals surface area contributed by atoms with Crippen LogP contribution in [0.4, 0.5) is 8.78 Å². The van der Waals surface area contributed by atoms with E-state index in [0.717, 1.165) is 12.1 Å². The summed E-state index contributed by atoms with van der Waals surface area (Å²) in [6.07, 6.45) is 0. The Morgan fingerprint density at radius 1 is 1.29 bits per heavy atom. The van der Waals surface area contributed by atoms with Crippen molar-refractivity contribution in [1.82, 2.24) is 20.2 Å². The molecule has 14 heavy (non-hydrogen) atoms. The summed E-state index contributed by atoms with van der Waals surface area (Å²) in [7, 11) is 0. The number of tetrazole rings is 1. The van der Waals surface area contributed by atoms with E-state index in [4.69, 9.17) is 0 Å². The van der Waals surface area contributed by atoms with E-state index in [1.54, 1.807) is 0 Å². The number of nitrogens with zero attached hydrogens (tertiary/aromatic N) is 3. The third-order valence-electron chi connectivity index (χ3n) is 1.62. The zero-order chi connectivity index (χ0) is 10.1. The average molecular weight is 198 g/mol. The van der Waals surface area contributed by atoms with Gasteiger partial charge in [0.1, 0.15) is 5.69 Å². The molecular formula is C7H4F2N4O. The molecule has 0 spiro atoms. The maximum Gasteiger partial charge on any atom is 0.366 e. The van der Waals surface area contributed by atoms with E-state index in [-0.39, 0.29) is 0 Å². The lowest BCUT2D eigenvalue weighted by atomic mass is 10.3. The van der Waals surface area contributed by atoms with E-state index in [1.165, 1.54) is 6.07 Å². The van der Waals surface area contributed by atoms with Crippen LogP contribution in [-0.2, 0) is 0 Å². The summed E-state index contributed by atoms with van der Waals surface area (Å²) < 4.78 is 26.7. The van der Waals surface area contributed by atoms with E-state index in [9.17, 15) is 13.6 Å². The molecule has 0 atom stereocenters. The highest BCUT2D eigenvalue weighted by atomic mass is 19.1. The fourth-order valence-corrected chi connectivity index (χ4v) is 1.04. The SMILES string of the molecule is O=c1[nH]nnn1-c1c(F)cccc1F. The van der Waals surface area contributed by atoms with Crippen molar-refractivity contribution in [3.63, 3.8) is 0 Å². The zero-order valence-electron chi connectivity index (χ0n) is 6.74. The van der Waals surface area contributed by atoms with Gasteiger partial charge in [-0.05, 0) is 22.6 Å². The first-order valence-electron chi connectivity index (χ1n) is 3.65. The van der Waals surface area contributed by atoms with Gasteiger partial charge in [0, 0.05) is 0 Å². The number of benzene rings is 1. The molecule has 0 aliphatic rings. The lowest BCUT2D eigenvalue weighted by Crippen LogP contribution is -2.18. The number of rotatable bonds is 1. The van der Waals surface area contributed by atoms with E-state index < -0.39 is 23.0 Å². The van der Waals surface area contributed by atoms with Gasteiger partial charge in [0.05, 0.1) is 0 Å². The van der Waals surface area contributed by atoms with Crippen molar-refractivity contribution in [2.45, 2.75) is 0 Å². The molecule has 1 heterocycles. The molecule has 0 saturated heterocycles. The zero-order valence-corrected chi connectivity index (χ0v) is 6.74. The highest BCUT2D eigenvalue weighted by Crippen LogP contribution is 2.13. The smallest absolute Gasteiger partial charge is 0.244 e. The Labute approximate surface area is 76.0 Å². The summed E-state index contributed by atoms with van der Waals surface area (Å²) in [6, 6.07) is 3.25. The molecule has 0 aliphatic carbocycles. The van der Waals surface area contributed by atoms with E-state index in [1.807, 2.05) is 5.10 Å². The molecule has 1 aromatic carbocycles. The minimum Gasteiger partial charge on any atom is -0.244 e. The van der Waals surface area contributed by atoms with Gasteiger partial charge in [-0.1, -0.05) is 6.07 Å². The molecule has 0 fully saturated rings. The van der Waals surface area contributed by atoms with Gasteiger partial charge in [0.15, 0.2) is 11.6 Å². The first-order valence-corrected chi connectivity index (χ1v) is 3.65. The summed E-state index contributed by atoms with van der Waals surface area (Å²) in [4.78, 5) is 11.0. The second-order valence-corrected chi connectivity index (χ2v) is 2.49. The summed E-state index contributed by atoms with van der Waals surface area (Å²) in [5.74, 6) is -1.75. The van der Waals surface area contributed by atoms with Crippen LogP contribution in [0.2, 0.25) is 0 Å². The standard InChI is InChI=1S/C7H4F2N4O/c8-4-2-1-3-5(9)6(4)13-7(14)10-11-12-13/h1-3H,(H,10,12,14).